The molecule has 25 heavy (non-hydrogen) atoms. The van der Waals surface area contributed by atoms with Crippen molar-refractivity contribution in [2.75, 3.05) is 18.5 Å². The summed E-state index contributed by atoms with van der Waals surface area (Å²) in [6.45, 7) is 3.68. The molecule has 0 radical (unpaired) electrons. The third-order valence-corrected chi connectivity index (χ3v) is 4.53. The molecule has 0 unspecified atom stereocenters. The Hall–Kier alpha value is -2.66. The maximum atomic E-state index is 12.8. The lowest BCUT2D eigenvalue weighted by molar-refractivity contribution is 0.101. The van der Waals surface area contributed by atoms with Crippen LogP contribution in [0.15, 0.2) is 42.5 Å². The lowest BCUT2D eigenvalue weighted by Gasteiger charge is -2.19. The normalized spacial score (nSPS) is 12.7. The Bertz CT molecular complexity index is 947. The molecular formula is C19H17ClN2O3. The summed E-state index contributed by atoms with van der Waals surface area (Å²) in [7, 11) is 0. The number of carbonyl (C=O) groups excluding carboxylic acids is 1. The molecule has 1 amide bonds. The molecule has 0 aliphatic carbocycles. The highest BCUT2D eigenvalue weighted by molar-refractivity contribution is 6.36. The smallest absolute Gasteiger partial charge is 0.272 e. The highest BCUT2D eigenvalue weighted by Crippen LogP contribution is 2.36. The lowest BCUT2D eigenvalue weighted by atomic mass is 10.2. The average molecular weight is 357 g/mol. The van der Waals surface area contributed by atoms with E-state index >= 15 is 0 Å². The zero-order valence-corrected chi connectivity index (χ0v) is 14.5. The van der Waals surface area contributed by atoms with Gasteiger partial charge in [-0.15, -0.1) is 0 Å². The minimum absolute atomic E-state index is 0.177. The molecule has 1 aliphatic heterocycles. The second-order valence-corrected chi connectivity index (χ2v) is 6.16. The van der Waals surface area contributed by atoms with Gasteiger partial charge in [0.25, 0.3) is 5.91 Å². The van der Waals surface area contributed by atoms with Crippen LogP contribution in [0.3, 0.4) is 0 Å². The molecule has 0 spiro atoms. The zero-order chi connectivity index (χ0) is 17.4. The van der Waals surface area contributed by atoms with Gasteiger partial charge < -0.3 is 19.4 Å². The number of benzene rings is 2. The second kappa shape index (κ2) is 6.33. The molecule has 0 bridgehead atoms. The third kappa shape index (κ3) is 2.81. The lowest BCUT2D eigenvalue weighted by Crippen LogP contribution is -2.21. The van der Waals surface area contributed by atoms with Crippen molar-refractivity contribution in [1.29, 1.82) is 0 Å². The maximum absolute atomic E-state index is 12.8. The van der Waals surface area contributed by atoms with Crippen LogP contribution in [-0.2, 0) is 6.54 Å². The molecule has 1 aromatic heterocycles. The van der Waals surface area contributed by atoms with E-state index in [1.807, 2.05) is 47.9 Å². The predicted molar refractivity (Wildman–Crippen MR) is 98.0 cm³/mol. The Morgan fingerprint density at radius 1 is 1.28 bits per heavy atom. The van der Waals surface area contributed by atoms with E-state index in [0.717, 1.165) is 22.4 Å². The van der Waals surface area contributed by atoms with E-state index in [-0.39, 0.29) is 5.91 Å². The first-order chi connectivity index (χ1) is 12.2. The van der Waals surface area contributed by atoms with Crippen molar-refractivity contribution < 1.29 is 14.3 Å². The molecule has 5 nitrogen and oxygen atoms in total. The van der Waals surface area contributed by atoms with Gasteiger partial charge in [-0.25, -0.2) is 0 Å². The number of aromatic nitrogens is 1. The number of halogens is 1. The van der Waals surface area contributed by atoms with Crippen LogP contribution in [0.25, 0.3) is 10.9 Å². The average Bonchev–Trinajstić information content (AvgIpc) is 3.02. The minimum Gasteiger partial charge on any atom is -0.494 e. The highest BCUT2D eigenvalue weighted by atomic mass is 35.5. The van der Waals surface area contributed by atoms with Crippen LogP contribution in [0.1, 0.15) is 17.4 Å². The molecule has 4 rings (SSSR count). The van der Waals surface area contributed by atoms with Gasteiger partial charge in [-0.1, -0.05) is 11.6 Å². The van der Waals surface area contributed by atoms with E-state index in [0.29, 0.717) is 36.2 Å². The van der Waals surface area contributed by atoms with Gasteiger partial charge in [0.1, 0.15) is 23.8 Å². The van der Waals surface area contributed by atoms with Crippen molar-refractivity contribution in [3.05, 3.63) is 53.2 Å². The fourth-order valence-corrected chi connectivity index (χ4v) is 3.30. The standard InChI is InChI=1S/C19H17ClN2O3/c1-2-24-13-5-3-12(4-6-13)21-19(23)16-11-14-15(20)7-8-17-18(14)22(16)9-10-25-17/h3-8,11H,2,9-10H2,1H3,(H,21,23). The van der Waals surface area contributed by atoms with E-state index in [1.165, 1.54) is 0 Å². The van der Waals surface area contributed by atoms with Crippen LogP contribution < -0.4 is 14.8 Å². The van der Waals surface area contributed by atoms with Gasteiger partial charge in [0.05, 0.1) is 23.7 Å². The molecule has 1 N–H and O–H groups in total. The van der Waals surface area contributed by atoms with Crippen molar-refractivity contribution in [1.82, 2.24) is 4.57 Å². The minimum atomic E-state index is -0.177. The number of rotatable bonds is 4. The summed E-state index contributed by atoms with van der Waals surface area (Å²) >= 11 is 6.29. The number of hydrogen-bond donors (Lipinski definition) is 1. The Balaban J connectivity index is 1.66. The van der Waals surface area contributed by atoms with E-state index in [4.69, 9.17) is 21.1 Å². The fraction of sp³-hybridized carbons (Fsp3) is 0.211. The number of amides is 1. The second-order valence-electron chi connectivity index (χ2n) is 5.75. The topological polar surface area (TPSA) is 52.5 Å². The Labute approximate surface area is 150 Å². The number of nitrogens with one attached hydrogen (secondary N) is 1. The van der Waals surface area contributed by atoms with Crippen molar-refractivity contribution in [3.8, 4) is 11.5 Å². The van der Waals surface area contributed by atoms with E-state index in [9.17, 15) is 4.79 Å². The van der Waals surface area contributed by atoms with Crippen molar-refractivity contribution in [2.45, 2.75) is 13.5 Å². The quantitative estimate of drug-likeness (QED) is 0.756. The number of anilines is 1. The number of ether oxygens (including phenoxy) is 2. The Morgan fingerprint density at radius 3 is 2.84 bits per heavy atom. The molecule has 128 valence electrons. The first-order valence-corrected chi connectivity index (χ1v) is 8.54. The van der Waals surface area contributed by atoms with Gasteiger partial charge >= 0.3 is 0 Å². The van der Waals surface area contributed by atoms with Gasteiger partial charge in [-0.2, -0.15) is 0 Å². The van der Waals surface area contributed by atoms with Crippen molar-refractivity contribution in [2.24, 2.45) is 0 Å². The van der Waals surface area contributed by atoms with E-state index < -0.39 is 0 Å². The summed E-state index contributed by atoms with van der Waals surface area (Å²) in [6.07, 6.45) is 0. The molecule has 3 aromatic rings. The number of hydrogen-bond acceptors (Lipinski definition) is 3. The van der Waals surface area contributed by atoms with Crippen LogP contribution >= 0.6 is 11.6 Å². The van der Waals surface area contributed by atoms with Crippen LogP contribution in [0, 0.1) is 0 Å². The SMILES string of the molecule is CCOc1ccc(NC(=O)c2cc3c(Cl)ccc4c3n2CCO4)cc1. The van der Waals surface area contributed by atoms with Gasteiger partial charge in [-0.05, 0) is 49.4 Å². The Morgan fingerprint density at radius 2 is 2.08 bits per heavy atom. The molecule has 0 saturated heterocycles. The molecule has 2 aromatic carbocycles. The maximum Gasteiger partial charge on any atom is 0.272 e. The largest absolute Gasteiger partial charge is 0.494 e. The first kappa shape index (κ1) is 15.8. The highest BCUT2D eigenvalue weighted by Gasteiger charge is 2.23. The molecule has 0 atom stereocenters. The predicted octanol–water partition coefficient (Wildman–Crippen LogP) is 4.34. The zero-order valence-electron chi connectivity index (χ0n) is 13.7. The van der Waals surface area contributed by atoms with E-state index in [1.54, 1.807) is 6.07 Å². The molecular weight excluding hydrogens is 340 g/mol. The third-order valence-electron chi connectivity index (χ3n) is 4.20. The van der Waals surface area contributed by atoms with Gasteiger partial charge in [-0.3, -0.25) is 4.79 Å². The molecule has 0 saturated carbocycles. The summed E-state index contributed by atoms with van der Waals surface area (Å²) in [5.74, 6) is 1.35. The number of carbonyl (C=O) groups is 1. The van der Waals surface area contributed by atoms with Crippen LogP contribution in [-0.4, -0.2) is 23.7 Å². The van der Waals surface area contributed by atoms with Gasteiger partial charge in [0, 0.05) is 11.1 Å². The summed E-state index contributed by atoms with van der Waals surface area (Å²) in [6, 6.07) is 12.8. The summed E-state index contributed by atoms with van der Waals surface area (Å²) in [5.41, 5.74) is 2.15. The summed E-state index contributed by atoms with van der Waals surface area (Å²) in [5, 5.41) is 4.37. The van der Waals surface area contributed by atoms with Gasteiger partial charge in [0.15, 0.2) is 0 Å². The summed E-state index contributed by atoms with van der Waals surface area (Å²) < 4.78 is 13.1. The molecule has 6 heteroatoms. The first-order valence-electron chi connectivity index (χ1n) is 8.16. The van der Waals surface area contributed by atoms with Crippen LogP contribution in [0.2, 0.25) is 5.02 Å². The van der Waals surface area contributed by atoms with E-state index in [2.05, 4.69) is 5.32 Å². The van der Waals surface area contributed by atoms with Crippen molar-refractivity contribution in [3.63, 3.8) is 0 Å². The Kier molecular flexibility index (Phi) is 4.01. The number of nitrogens with zero attached hydrogens (tertiary/aromatic N) is 1. The molecule has 1 aliphatic rings. The monoisotopic (exact) mass is 356 g/mol. The van der Waals surface area contributed by atoms with Crippen LogP contribution in [0.4, 0.5) is 5.69 Å². The summed E-state index contributed by atoms with van der Waals surface area (Å²) in [4.78, 5) is 12.8. The van der Waals surface area contributed by atoms with Crippen molar-refractivity contribution >= 4 is 34.1 Å². The fourth-order valence-electron chi connectivity index (χ4n) is 3.09. The van der Waals surface area contributed by atoms with Crippen LogP contribution in [0.5, 0.6) is 11.5 Å². The molecule has 0 fully saturated rings. The van der Waals surface area contributed by atoms with Gasteiger partial charge in [0.2, 0.25) is 0 Å². The molecule has 2 heterocycles.